The summed E-state index contributed by atoms with van der Waals surface area (Å²) in [6, 6.07) is 10.8. The molecule has 2 heterocycles. The van der Waals surface area contributed by atoms with Crippen molar-refractivity contribution in [1.29, 1.82) is 0 Å². The highest BCUT2D eigenvalue weighted by atomic mass is 35.5. The zero-order valence-corrected chi connectivity index (χ0v) is 16.3. The van der Waals surface area contributed by atoms with Gasteiger partial charge in [-0.15, -0.1) is 5.10 Å². The van der Waals surface area contributed by atoms with Crippen LogP contribution in [0.25, 0.3) is 10.9 Å². The number of nitrogens with zero attached hydrogens (tertiary/aromatic N) is 3. The summed E-state index contributed by atoms with van der Waals surface area (Å²) in [5.41, 5.74) is 1.06. The molecule has 2 aromatic carbocycles. The van der Waals surface area contributed by atoms with Gasteiger partial charge in [0.25, 0.3) is 15.9 Å². The maximum Gasteiger partial charge on any atom is 0.292 e. The van der Waals surface area contributed by atoms with Gasteiger partial charge < -0.3 is 10.0 Å². The number of β-amino-alcohol motifs (C(OH)–C–C–N with tert-alkyl or cyclic N) is 1. The number of anilines is 1. The van der Waals surface area contributed by atoms with E-state index in [1.807, 2.05) is 6.92 Å². The van der Waals surface area contributed by atoms with Crippen molar-refractivity contribution in [3.05, 3.63) is 53.1 Å². The van der Waals surface area contributed by atoms with Crippen LogP contribution in [-0.2, 0) is 10.0 Å². The number of aliphatic hydroxyl groups is 1. The van der Waals surface area contributed by atoms with Crippen LogP contribution in [0.5, 0.6) is 0 Å². The van der Waals surface area contributed by atoms with Crippen LogP contribution in [-0.4, -0.2) is 47.8 Å². The minimum absolute atomic E-state index is 0.00693. The maximum absolute atomic E-state index is 13.8. The van der Waals surface area contributed by atoms with E-state index in [4.69, 9.17) is 11.6 Å². The molecule has 0 saturated carbocycles. The van der Waals surface area contributed by atoms with Gasteiger partial charge in [-0.1, -0.05) is 35.4 Å². The maximum atomic E-state index is 13.8. The third kappa shape index (κ3) is 2.94. The Kier molecular flexibility index (Phi) is 4.36. The lowest BCUT2D eigenvalue weighted by atomic mass is 10.2. The second-order valence-electron chi connectivity index (χ2n) is 6.78. The van der Waals surface area contributed by atoms with Crippen LogP contribution in [0.1, 0.15) is 5.56 Å². The SMILES string of the molecule is Cc1ccc(S(=O)(=O)n2nc(N3CC(O)C(F)(F)C3)c3c(Cl)cccc32)cc1. The number of halogens is 3. The summed E-state index contributed by atoms with van der Waals surface area (Å²) >= 11 is 6.25. The van der Waals surface area contributed by atoms with E-state index in [0.717, 1.165) is 14.6 Å². The zero-order valence-electron chi connectivity index (χ0n) is 14.7. The van der Waals surface area contributed by atoms with Gasteiger partial charge in [-0.3, -0.25) is 0 Å². The topological polar surface area (TPSA) is 75.4 Å². The molecule has 0 radical (unpaired) electrons. The van der Waals surface area contributed by atoms with E-state index in [1.165, 1.54) is 24.3 Å². The fourth-order valence-corrected chi connectivity index (χ4v) is 4.76. The van der Waals surface area contributed by atoms with Gasteiger partial charge in [0.2, 0.25) is 0 Å². The van der Waals surface area contributed by atoms with E-state index in [1.54, 1.807) is 18.2 Å². The molecule has 10 heteroatoms. The highest BCUT2D eigenvalue weighted by molar-refractivity contribution is 7.90. The first-order valence-electron chi connectivity index (χ1n) is 8.41. The van der Waals surface area contributed by atoms with E-state index in [-0.39, 0.29) is 33.2 Å². The third-order valence-corrected chi connectivity index (χ3v) is 6.65. The number of benzene rings is 2. The number of aryl methyl sites for hydroxylation is 1. The van der Waals surface area contributed by atoms with Crippen LogP contribution in [0.4, 0.5) is 14.6 Å². The molecule has 28 heavy (non-hydrogen) atoms. The lowest BCUT2D eigenvalue weighted by Crippen LogP contribution is -2.31. The minimum Gasteiger partial charge on any atom is -0.385 e. The molecular formula is C18H16ClF2N3O3S. The predicted molar refractivity (Wildman–Crippen MR) is 102 cm³/mol. The van der Waals surface area contributed by atoms with E-state index >= 15 is 0 Å². The van der Waals surface area contributed by atoms with Gasteiger partial charge in [-0.05, 0) is 31.2 Å². The molecule has 0 bridgehead atoms. The monoisotopic (exact) mass is 427 g/mol. The summed E-state index contributed by atoms with van der Waals surface area (Å²) in [4.78, 5) is 1.17. The molecule has 1 N–H and O–H groups in total. The molecule has 1 aromatic heterocycles. The van der Waals surface area contributed by atoms with Crippen molar-refractivity contribution in [2.24, 2.45) is 0 Å². The van der Waals surface area contributed by atoms with Crippen LogP contribution in [0.15, 0.2) is 47.4 Å². The van der Waals surface area contributed by atoms with Crippen molar-refractivity contribution < 1.29 is 22.3 Å². The van der Waals surface area contributed by atoms with Crippen LogP contribution < -0.4 is 4.90 Å². The van der Waals surface area contributed by atoms with Crippen LogP contribution >= 0.6 is 11.6 Å². The minimum atomic E-state index is -4.08. The lowest BCUT2D eigenvalue weighted by Gasteiger charge is -2.15. The Morgan fingerprint density at radius 3 is 2.50 bits per heavy atom. The lowest BCUT2D eigenvalue weighted by molar-refractivity contribution is -0.0712. The van der Waals surface area contributed by atoms with Crippen LogP contribution in [0.3, 0.4) is 0 Å². The molecule has 0 aliphatic carbocycles. The Morgan fingerprint density at radius 2 is 1.89 bits per heavy atom. The second kappa shape index (κ2) is 6.40. The number of rotatable bonds is 3. The molecule has 1 aliphatic rings. The van der Waals surface area contributed by atoms with Crippen molar-refractivity contribution in [2.45, 2.75) is 23.8 Å². The van der Waals surface area contributed by atoms with Gasteiger partial charge >= 0.3 is 0 Å². The van der Waals surface area contributed by atoms with Gasteiger partial charge in [0.15, 0.2) is 5.82 Å². The molecule has 1 fully saturated rings. The molecule has 3 aromatic rings. The number of hydrogen-bond donors (Lipinski definition) is 1. The quantitative estimate of drug-likeness (QED) is 0.695. The molecule has 1 saturated heterocycles. The summed E-state index contributed by atoms with van der Waals surface area (Å²) in [6.45, 7) is 0.668. The average molecular weight is 428 g/mol. The van der Waals surface area contributed by atoms with E-state index < -0.39 is 28.6 Å². The summed E-state index contributed by atoms with van der Waals surface area (Å²) in [7, 11) is -4.08. The van der Waals surface area contributed by atoms with Gasteiger partial charge in [0, 0.05) is 0 Å². The van der Waals surface area contributed by atoms with Gasteiger partial charge in [-0.2, -0.15) is 12.5 Å². The summed E-state index contributed by atoms with van der Waals surface area (Å²) in [6.07, 6.45) is -1.87. The number of alkyl halides is 2. The van der Waals surface area contributed by atoms with Crippen molar-refractivity contribution in [3.8, 4) is 0 Å². The molecule has 148 valence electrons. The predicted octanol–water partition coefficient (Wildman–Crippen LogP) is 3.05. The van der Waals surface area contributed by atoms with E-state index in [9.17, 15) is 22.3 Å². The number of aliphatic hydroxyl groups excluding tert-OH is 1. The first-order valence-corrected chi connectivity index (χ1v) is 10.2. The molecule has 0 spiro atoms. The van der Waals surface area contributed by atoms with Crippen molar-refractivity contribution in [1.82, 2.24) is 9.19 Å². The summed E-state index contributed by atoms with van der Waals surface area (Å²) in [5, 5.41) is 14.2. The first-order chi connectivity index (χ1) is 13.1. The fraction of sp³-hybridized carbons (Fsp3) is 0.278. The fourth-order valence-electron chi connectivity index (χ4n) is 3.23. The second-order valence-corrected chi connectivity index (χ2v) is 8.95. The molecule has 1 aliphatic heterocycles. The Morgan fingerprint density at radius 1 is 1.21 bits per heavy atom. The Labute approximate surface area is 165 Å². The molecule has 0 amide bonds. The van der Waals surface area contributed by atoms with Gasteiger partial charge in [-0.25, -0.2) is 8.78 Å². The number of aromatic nitrogens is 2. The zero-order chi connectivity index (χ0) is 20.3. The normalized spacial score (nSPS) is 19.5. The molecule has 1 atom stereocenters. The van der Waals surface area contributed by atoms with Crippen molar-refractivity contribution in [2.75, 3.05) is 18.0 Å². The van der Waals surface area contributed by atoms with Crippen LogP contribution in [0.2, 0.25) is 5.02 Å². The highest BCUT2D eigenvalue weighted by Gasteiger charge is 2.48. The van der Waals surface area contributed by atoms with Crippen molar-refractivity contribution in [3.63, 3.8) is 0 Å². The first kappa shape index (κ1) is 19.1. The largest absolute Gasteiger partial charge is 0.385 e. The van der Waals surface area contributed by atoms with Crippen LogP contribution in [0, 0.1) is 6.92 Å². The molecule has 6 nitrogen and oxygen atoms in total. The average Bonchev–Trinajstić information content (AvgIpc) is 3.14. The summed E-state index contributed by atoms with van der Waals surface area (Å²) < 4.78 is 54.7. The molecule has 4 rings (SSSR count). The molecule has 1 unspecified atom stereocenters. The molecular weight excluding hydrogens is 412 g/mol. The standard InChI is InChI=1S/C18H16ClF2N3O3S/c1-11-5-7-12(8-6-11)28(26,27)24-14-4-2-3-13(19)16(14)17(22-24)23-9-15(25)18(20,21)10-23/h2-8,15,25H,9-10H2,1H3. The van der Waals surface area contributed by atoms with Gasteiger partial charge in [0.05, 0.1) is 33.9 Å². The Balaban J connectivity index is 1.92. The highest BCUT2D eigenvalue weighted by Crippen LogP contribution is 2.38. The number of hydrogen-bond acceptors (Lipinski definition) is 5. The van der Waals surface area contributed by atoms with E-state index in [0.29, 0.717) is 0 Å². The van der Waals surface area contributed by atoms with Crippen molar-refractivity contribution >= 4 is 38.3 Å². The Hall–Kier alpha value is -2.23. The summed E-state index contributed by atoms with van der Waals surface area (Å²) in [5.74, 6) is -3.33. The number of fused-ring (bicyclic) bond motifs is 1. The van der Waals surface area contributed by atoms with Gasteiger partial charge in [0.1, 0.15) is 6.10 Å². The smallest absolute Gasteiger partial charge is 0.292 e. The Bertz CT molecular complexity index is 1160. The van der Waals surface area contributed by atoms with E-state index in [2.05, 4.69) is 5.10 Å². The third-order valence-electron chi connectivity index (χ3n) is 4.74.